The third kappa shape index (κ3) is 4.37. The van der Waals surface area contributed by atoms with Crippen LogP contribution in [0.1, 0.15) is 12.2 Å². The molecule has 0 radical (unpaired) electrons. The molecule has 1 heterocycles. The third-order valence-electron chi connectivity index (χ3n) is 2.04. The number of carbonyl (C=O) groups is 1. The molecule has 7 heteroatoms. The van der Waals surface area contributed by atoms with Crippen LogP contribution in [-0.4, -0.2) is 47.4 Å². The molecule has 1 unspecified atom stereocenters. The van der Waals surface area contributed by atoms with Gasteiger partial charge in [0.2, 0.25) is 5.91 Å². The third-order valence-corrected chi connectivity index (χ3v) is 2.04. The Morgan fingerprint density at radius 2 is 2.56 bits per heavy atom. The van der Waals surface area contributed by atoms with Gasteiger partial charge in [0.25, 0.3) is 0 Å². The monoisotopic (exact) mass is 227 g/mol. The molecule has 0 aromatic carbocycles. The van der Waals surface area contributed by atoms with E-state index in [1.54, 1.807) is 0 Å². The maximum Gasteiger partial charge on any atom is 0.239 e. The van der Waals surface area contributed by atoms with Crippen LogP contribution in [0.5, 0.6) is 0 Å². The Kier molecular flexibility index (Phi) is 5.44. The minimum absolute atomic E-state index is 0.195. The first kappa shape index (κ1) is 12.6. The highest BCUT2D eigenvalue weighted by Crippen LogP contribution is 1.91. The summed E-state index contributed by atoms with van der Waals surface area (Å²) in [5, 5.41) is 9.20. The van der Waals surface area contributed by atoms with E-state index in [9.17, 15) is 4.79 Å². The van der Waals surface area contributed by atoms with Gasteiger partial charge in [-0.25, -0.2) is 4.98 Å². The van der Waals surface area contributed by atoms with Crippen molar-refractivity contribution < 1.29 is 9.53 Å². The zero-order valence-corrected chi connectivity index (χ0v) is 9.27. The molecule has 0 aliphatic heterocycles. The lowest BCUT2D eigenvalue weighted by Crippen LogP contribution is -2.43. The first-order chi connectivity index (χ1) is 7.74. The summed E-state index contributed by atoms with van der Waals surface area (Å²) < 4.78 is 4.78. The van der Waals surface area contributed by atoms with Crippen LogP contribution in [-0.2, 0) is 16.0 Å². The molecule has 16 heavy (non-hydrogen) atoms. The van der Waals surface area contributed by atoms with Gasteiger partial charge in [0, 0.05) is 20.1 Å². The van der Waals surface area contributed by atoms with Crippen LogP contribution in [0.2, 0.25) is 0 Å². The van der Waals surface area contributed by atoms with Gasteiger partial charge >= 0.3 is 0 Å². The van der Waals surface area contributed by atoms with Gasteiger partial charge in [-0.3, -0.25) is 9.89 Å². The second-order valence-electron chi connectivity index (χ2n) is 3.39. The summed E-state index contributed by atoms with van der Waals surface area (Å²) in [5.74, 6) is 0.620. The lowest BCUT2D eigenvalue weighted by molar-refractivity contribution is -0.123. The van der Waals surface area contributed by atoms with Gasteiger partial charge < -0.3 is 15.8 Å². The minimum atomic E-state index is -0.602. The zero-order valence-electron chi connectivity index (χ0n) is 9.27. The van der Waals surface area contributed by atoms with Crippen LogP contribution in [0.25, 0.3) is 0 Å². The van der Waals surface area contributed by atoms with Crippen LogP contribution in [0.15, 0.2) is 6.33 Å². The van der Waals surface area contributed by atoms with Crippen molar-refractivity contribution in [3.05, 3.63) is 12.2 Å². The van der Waals surface area contributed by atoms with Crippen LogP contribution >= 0.6 is 0 Å². The van der Waals surface area contributed by atoms with Gasteiger partial charge in [-0.05, 0) is 6.42 Å². The van der Waals surface area contributed by atoms with Gasteiger partial charge in [0.1, 0.15) is 18.2 Å². The number of amides is 1. The molecular formula is C9H17N5O2. The van der Waals surface area contributed by atoms with Crippen LogP contribution in [0.3, 0.4) is 0 Å². The van der Waals surface area contributed by atoms with Crippen molar-refractivity contribution >= 4 is 5.91 Å². The fourth-order valence-corrected chi connectivity index (χ4v) is 1.21. The maximum atomic E-state index is 11.3. The highest BCUT2D eigenvalue weighted by molar-refractivity contribution is 5.81. The van der Waals surface area contributed by atoms with Crippen LogP contribution < -0.4 is 11.1 Å². The molecule has 1 rings (SSSR count). The molecule has 0 aliphatic carbocycles. The second kappa shape index (κ2) is 6.91. The first-order valence-electron chi connectivity index (χ1n) is 5.10. The Morgan fingerprint density at radius 1 is 1.75 bits per heavy atom. The molecule has 90 valence electrons. The summed E-state index contributed by atoms with van der Waals surface area (Å²) in [6.07, 6.45) is 3.00. The lowest BCUT2D eigenvalue weighted by Gasteiger charge is -2.10. The van der Waals surface area contributed by atoms with Gasteiger partial charge in [0.05, 0.1) is 6.61 Å². The van der Waals surface area contributed by atoms with Gasteiger partial charge in [-0.2, -0.15) is 5.10 Å². The molecule has 0 bridgehead atoms. The molecule has 7 nitrogen and oxygen atoms in total. The summed E-state index contributed by atoms with van der Waals surface area (Å²) in [6, 6.07) is -0.602. The van der Waals surface area contributed by atoms with Crippen molar-refractivity contribution in [1.82, 2.24) is 20.5 Å². The number of rotatable bonds is 7. The predicted molar refractivity (Wildman–Crippen MR) is 57.6 cm³/mol. The Bertz CT molecular complexity index is 301. The summed E-state index contributed by atoms with van der Waals surface area (Å²) in [7, 11) is 1.51. The summed E-state index contributed by atoms with van der Waals surface area (Å²) in [6.45, 7) is 0.797. The number of H-pyrrole nitrogens is 1. The quantitative estimate of drug-likeness (QED) is 0.509. The van der Waals surface area contributed by atoms with E-state index in [-0.39, 0.29) is 12.5 Å². The Morgan fingerprint density at radius 3 is 3.19 bits per heavy atom. The van der Waals surface area contributed by atoms with E-state index in [0.717, 1.165) is 18.7 Å². The molecule has 0 saturated heterocycles. The van der Waals surface area contributed by atoms with Gasteiger partial charge in [-0.15, -0.1) is 0 Å². The Balaban J connectivity index is 2.08. The molecule has 1 aromatic rings. The molecule has 1 atom stereocenters. The van der Waals surface area contributed by atoms with Crippen molar-refractivity contribution in [3.8, 4) is 0 Å². The number of aromatic amines is 1. The Labute approximate surface area is 93.8 Å². The van der Waals surface area contributed by atoms with Crippen molar-refractivity contribution in [1.29, 1.82) is 0 Å². The van der Waals surface area contributed by atoms with Crippen LogP contribution in [0, 0.1) is 0 Å². The summed E-state index contributed by atoms with van der Waals surface area (Å²) in [5.41, 5.74) is 5.54. The highest BCUT2D eigenvalue weighted by Gasteiger charge is 2.11. The number of hydrogen-bond donors (Lipinski definition) is 3. The number of carbonyl (C=O) groups excluding carboxylic acids is 1. The van der Waals surface area contributed by atoms with Crippen molar-refractivity contribution in [2.45, 2.75) is 18.9 Å². The topological polar surface area (TPSA) is 106 Å². The average molecular weight is 227 g/mol. The number of aromatic nitrogens is 3. The summed E-state index contributed by atoms with van der Waals surface area (Å²) >= 11 is 0. The van der Waals surface area contributed by atoms with Crippen molar-refractivity contribution in [2.24, 2.45) is 5.73 Å². The van der Waals surface area contributed by atoms with E-state index in [4.69, 9.17) is 10.5 Å². The smallest absolute Gasteiger partial charge is 0.239 e. The number of methoxy groups -OCH3 is 1. The molecule has 0 saturated carbocycles. The van der Waals surface area contributed by atoms with E-state index < -0.39 is 6.04 Å². The highest BCUT2D eigenvalue weighted by atomic mass is 16.5. The predicted octanol–water partition coefficient (Wildman–Crippen LogP) is -1.17. The molecular weight excluding hydrogens is 210 g/mol. The minimum Gasteiger partial charge on any atom is -0.383 e. The largest absolute Gasteiger partial charge is 0.383 e. The van der Waals surface area contributed by atoms with Crippen LogP contribution in [0.4, 0.5) is 0 Å². The molecule has 0 spiro atoms. The molecule has 1 amide bonds. The normalized spacial score (nSPS) is 12.4. The fraction of sp³-hybridized carbons (Fsp3) is 0.667. The van der Waals surface area contributed by atoms with E-state index in [0.29, 0.717) is 6.54 Å². The zero-order chi connectivity index (χ0) is 11.8. The van der Waals surface area contributed by atoms with Gasteiger partial charge in [0.15, 0.2) is 0 Å². The fourth-order valence-electron chi connectivity index (χ4n) is 1.21. The van der Waals surface area contributed by atoms with E-state index in [1.807, 2.05) is 0 Å². The second-order valence-corrected chi connectivity index (χ2v) is 3.39. The van der Waals surface area contributed by atoms with Crippen molar-refractivity contribution in [3.63, 3.8) is 0 Å². The number of nitrogens with zero attached hydrogens (tertiary/aromatic N) is 2. The number of hydrogen-bond acceptors (Lipinski definition) is 5. The number of nitrogens with one attached hydrogen (secondary N) is 2. The number of aryl methyl sites for hydroxylation is 1. The standard InChI is InChI=1S/C9H17N5O2/c1-16-5-7(10)9(15)11-4-2-3-8-12-6-13-14-8/h6-7H,2-5,10H2,1H3,(H,11,15)(H,12,13,14). The molecule has 0 fully saturated rings. The number of ether oxygens (including phenoxy) is 1. The van der Waals surface area contributed by atoms with E-state index >= 15 is 0 Å². The van der Waals surface area contributed by atoms with Crippen molar-refractivity contribution in [2.75, 3.05) is 20.3 Å². The summed E-state index contributed by atoms with van der Waals surface area (Å²) in [4.78, 5) is 15.3. The average Bonchev–Trinajstić information content (AvgIpc) is 2.77. The first-order valence-corrected chi connectivity index (χ1v) is 5.10. The molecule has 4 N–H and O–H groups in total. The SMILES string of the molecule is COCC(N)C(=O)NCCCc1ncn[nH]1. The maximum absolute atomic E-state index is 11.3. The number of nitrogens with two attached hydrogens (primary N) is 1. The van der Waals surface area contributed by atoms with E-state index in [1.165, 1.54) is 13.4 Å². The Hall–Kier alpha value is -1.47. The van der Waals surface area contributed by atoms with Gasteiger partial charge in [-0.1, -0.05) is 0 Å². The van der Waals surface area contributed by atoms with E-state index in [2.05, 4.69) is 20.5 Å². The lowest BCUT2D eigenvalue weighted by atomic mass is 10.2. The molecule has 1 aromatic heterocycles. The molecule has 0 aliphatic rings.